The molecule has 102 valence electrons. The fraction of sp³-hybridized carbons (Fsp3) is 0.188. The van der Waals surface area contributed by atoms with Gasteiger partial charge in [-0.25, -0.2) is 0 Å². The third-order valence-electron chi connectivity index (χ3n) is 3.40. The molecule has 3 aromatic rings. The normalized spacial score (nSPS) is 12.7. The van der Waals surface area contributed by atoms with Crippen molar-refractivity contribution in [3.63, 3.8) is 0 Å². The molecule has 1 atom stereocenters. The van der Waals surface area contributed by atoms with Gasteiger partial charge in [0.25, 0.3) is 5.56 Å². The van der Waals surface area contributed by atoms with Gasteiger partial charge in [-0.2, -0.15) is 0 Å². The zero-order valence-corrected chi connectivity index (χ0v) is 11.2. The largest absolute Gasteiger partial charge is 0.468 e. The number of aromatic amines is 1. The molecule has 0 amide bonds. The van der Waals surface area contributed by atoms with E-state index in [1.165, 1.54) is 0 Å². The van der Waals surface area contributed by atoms with Crippen LogP contribution < -0.4 is 10.9 Å². The van der Waals surface area contributed by atoms with Gasteiger partial charge in [0.05, 0.1) is 12.3 Å². The van der Waals surface area contributed by atoms with Crippen LogP contribution in [0.15, 0.2) is 57.9 Å². The quantitative estimate of drug-likeness (QED) is 0.764. The lowest BCUT2D eigenvalue weighted by atomic mass is 10.1. The Bertz CT molecular complexity index is 759. The molecule has 0 unspecified atom stereocenters. The van der Waals surface area contributed by atoms with Crippen molar-refractivity contribution in [3.05, 3.63) is 70.4 Å². The minimum atomic E-state index is -0.0529. The molecule has 0 aliphatic carbocycles. The van der Waals surface area contributed by atoms with Crippen LogP contribution in [0.25, 0.3) is 10.9 Å². The maximum atomic E-state index is 12.0. The second-order valence-corrected chi connectivity index (χ2v) is 4.83. The Morgan fingerprint density at radius 3 is 2.90 bits per heavy atom. The third-order valence-corrected chi connectivity index (χ3v) is 3.40. The van der Waals surface area contributed by atoms with E-state index in [0.717, 1.165) is 22.2 Å². The molecule has 4 nitrogen and oxygen atoms in total. The average molecular weight is 268 g/mol. The number of H-pyrrole nitrogens is 1. The summed E-state index contributed by atoms with van der Waals surface area (Å²) in [5, 5.41) is 4.33. The lowest BCUT2D eigenvalue weighted by molar-refractivity contribution is 0.430. The summed E-state index contributed by atoms with van der Waals surface area (Å²) >= 11 is 0. The van der Waals surface area contributed by atoms with E-state index in [9.17, 15) is 4.79 Å². The molecule has 4 heteroatoms. The lowest BCUT2D eigenvalue weighted by Crippen LogP contribution is -2.23. The first-order valence-electron chi connectivity index (χ1n) is 6.62. The van der Waals surface area contributed by atoms with Gasteiger partial charge in [-0.05, 0) is 36.6 Å². The molecule has 0 aliphatic heterocycles. The number of rotatable bonds is 4. The van der Waals surface area contributed by atoms with Crippen LogP contribution in [-0.2, 0) is 6.54 Å². The molecule has 0 fully saturated rings. The van der Waals surface area contributed by atoms with Crippen LogP contribution >= 0.6 is 0 Å². The van der Waals surface area contributed by atoms with Crippen LogP contribution in [0.5, 0.6) is 0 Å². The summed E-state index contributed by atoms with van der Waals surface area (Å²) in [4.78, 5) is 14.9. The van der Waals surface area contributed by atoms with Gasteiger partial charge in [0, 0.05) is 17.6 Å². The Morgan fingerprint density at radius 2 is 2.10 bits per heavy atom. The first-order valence-corrected chi connectivity index (χ1v) is 6.62. The first kappa shape index (κ1) is 12.7. The Kier molecular flexibility index (Phi) is 3.39. The fourth-order valence-corrected chi connectivity index (χ4v) is 2.23. The topological polar surface area (TPSA) is 58.0 Å². The van der Waals surface area contributed by atoms with Crippen molar-refractivity contribution in [1.29, 1.82) is 0 Å². The van der Waals surface area contributed by atoms with Gasteiger partial charge in [0.1, 0.15) is 5.76 Å². The molecule has 0 saturated carbocycles. The van der Waals surface area contributed by atoms with Crippen molar-refractivity contribution < 1.29 is 4.42 Å². The molecule has 2 aromatic heterocycles. The molecule has 0 spiro atoms. The van der Waals surface area contributed by atoms with Crippen LogP contribution in [-0.4, -0.2) is 4.98 Å². The van der Waals surface area contributed by atoms with Crippen molar-refractivity contribution >= 4 is 10.9 Å². The fourth-order valence-electron chi connectivity index (χ4n) is 2.23. The maximum Gasteiger partial charge on any atom is 0.252 e. The SMILES string of the molecule is C[C@H](NCc1cc2ccccc2[nH]c1=O)c1ccco1. The van der Waals surface area contributed by atoms with Gasteiger partial charge in [-0.15, -0.1) is 0 Å². The molecule has 0 aliphatic rings. The molecular formula is C16H16N2O2. The highest BCUT2D eigenvalue weighted by Gasteiger charge is 2.09. The Labute approximate surface area is 116 Å². The second-order valence-electron chi connectivity index (χ2n) is 4.83. The van der Waals surface area contributed by atoms with Gasteiger partial charge >= 0.3 is 0 Å². The average Bonchev–Trinajstić information content (AvgIpc) is 2.99. The summed E-state index contributed by atoms with van der Waals surface area (Å²) in [5.41, 5.74) is 1.53. The van der Waals surface area contributed by atoms with Gasteiger partial charge in [-0.3, -0.25) is 4.79 Å². The third kappa shape index (κ3) is 2.51. The Morgan fingerprint density at radius 1 is 1.25 bits per heavy atom. The summed E-state index contributed by atoms with van der Waals surface area (Å²) in [6.45, 7) is 2.51. The number of hydrogen-bond donors (Lipinski definition) is 2. The van der Waals surface area contributed by atoms with E-state index in [2.05, 4.69) is 10.3 Å². The van der Waals surface area contributed by atoms with Gasteiger partial charge < -0.3 is 14.7 Å². The number of furan rings is 1. The lowest BCUT2D eigenvalue weighted by Gasteiger charge is -2.11. The molecule has 0 radical (unpaired) electrons. The molecule has 1 aromatic carbocycles. The Balaban J connectivity index is 1.80. The molecule has 2 N–H and O–H groups in total. The number of fused-ring (bicyclic) bond motifs is 1. The number of nitrogens with one attached hydrogen (secondary N) is 2. The summed E-state index contributed by atoms with van der Waals surface area (Å²) in [6, 6.07) is 13.5. The highest BCUT2D eigenvalue weighted by molar-refractivity contribution is 5.78. The van der Waals surface area contributed by atoms with Crippen molar-refractivity contribution in [3.8, 4) is 0 Å². The van der Waals surface area contributed by atoms with Crippen LogP contribution in [0.1, 0.15) is 24.3 Å². The van der Waals surface area contributed by atoms with Gasteiger partial charge in [-0.1, -0.05) is 18.2 Å². The van der Waals surface area contributed by atoms with Crippen LogP contribution in [0.4, 0.5) is 0 Å². The zero-order valence-electron chi connectivity index (χ0n) is 11.2. The van der Waals surface area contributed by atoms with E-state index in [-0.39, 0.29) is 11.6 Å². The predicted molar refractivity (Wildman–Crippen MR) is 78.5 cm³/mol. The highest BCUT2D eigenvalue weighted by atomic mass is 16.3. The molecule has 0 bridgehead atoms. The smallest absolute Gasteiger partial charge is 0.252 e. The van der Waals surface area contributed by atoms with Crippen LogP contribution in [0.3, 0.4) is 0 Å². The van der Waals surface area contributed by atoms with Gasteiger partial charge in [0.15, 0.2) is 0 Å². The van der Waals surface area contributed by atoms with Gasteiger partial charge in [0.2, 0.25) is 0 Å². The first-order chi connectivity index (χ1) is 9.74. The van der Waals surface area contributed by atoms with Crippen molar-refractivity contribution in [2.75, 3.05) is 0 Å². The standard InChI is InChI=1S/C16H16N2O2/c1-11(15-7-4-8-20-15)17-10-13-9-12-5-2-3-6-14(12)18-16(13)19/h2-9,11,17H,10H2,1H3,(H,18,19)/t11-/m0/s1. The summed E-state index contributed by atoms with van der Waals surface area (Å²) in [6.07, 6.45) is 1.65. The predicted octanol–water partition coefficient (Wildman–Crippen LogP) is 2.97. The van der Waals surface area contributed by atoms with E-state index in [1.54, 1.807) is 6.26 Å². The van der Waals surface area contributed by atoms with E-state index >= 15 is 0 Å². The summed E-state index contributed by atoms with van der Waals surface area (Å²) < 4.78 is 5.34. The number of benzene rings is 1. The molecular weight excluding hydrogens is 252 g/mol. The van der Waals surface area contributed by atoms with Crippen LogP contribution in [0, 0.1) is 0 Å². The molecule has 2 heterocycles. The molecule has 3 rings (SSSR count). The monoisotopic (exact) mass is 268 g/mol. The van der Waals surface area contributed by atoms with Crippen molar-refractivity contribution in [2.45, 2.75) is 19.5 Å². The van der Waals surface area contributed by atoms with Crippen LogP contribution in [0.2, 0.25) is 0 Å². The minimum absolute atomic E-state index is 0.0529. The van der Waals surface area contributed by atoms with E-state index < -0.39 is 0 Å². The van der Waals surface area contributed by atoms with E-state index in [4.69, 9.17) is 4.42 Å². The minimum Gasteiger partial charge on any atom is -0.468 e. The summed E-state index contributed by atoms with van der Waals surface area (Å²) in [5.74, 6) is 0.863. The second kappa shape index (κ2) is 5.35. The zero-order chi connectivity index (χ0) is 13.9. The van der Waals surface area contributed by atoms with E-state index in [0.29, 0.717) is 6.54 Å². The number of pyridine rings is 1. The number of aromatic nitrogens is 1. The molecule has 0 saturated heterocycles. The maximum absolute atomic E-state index is 12.0. The van der Waals surface area contributed by atoms with Crippen molar-refractivity contribution in [1.82, 2.24) is 10.3 Å². The van der Waals surface area contributed by atoms with E-state index in [1.807, 2.05) is 49.4 Å². The molecule has 20 heavy (non-hydrogen) atoms. The number of hydrogen-bond acceptors (Lipinski definition) is 3. The summed E-state index contributed by atoms with van der Waals surface area (Å²) in [7, 11) is 0. The number of para-hydroxylation sites is 1. The highest BCUT2D eigenvalue weighted by Crippen LogP contribution is 2.14. The Hall–Kier alpha value is -2.33. The van der Waals surface area contributed by atoms with Crippen molar-refractivity contribution in [2.24, 2.45) is 0 Å².